The molecule has 0 heterocycles. The third-order valence-electron chi connectivity index (χ3n) is 6.78. The number of rotatable bonds is 2. The number of benzene rings is 2. The average Bonchev–Trinajstić information content (AvgIpc) is 2.55. The summed E-state index contributed by atoms with van der Waals surface area (Å²) in [6.45, 7) is 0. The Bertz CT molecular complexity index is 742. The summed E-state index contributed by atoms with van der Waals surface area (Å²) in [5, 5.41) is 10.7. The third-order valence-corrected chi connectivity index (χ3v) is 7.31. The number of hydrogen-bond donors (Lipinski definition) is 1. The minimum Gasteiger partial charge on any atom is -0.508 e. The van der Waals surface area contributed by atoms with E-state index in [-0.39, 0.29) is 5.41 Å². The summed E-state index contributed by atoms with van der Waals surface area (Å²) in [7, 11) is 0. The summed E-state index contributed by atoms with van der Waals surface area (Å²) < 4.78 is 1.10. The third kappa shape index (κ3) is 2.34. The molecule has 2 heteroatoms. The molecular weight excluding hydrogens is 360 g/mol. The largest absolute Gasteiger partial charge is 0.508 e. The molecule has 2 aromatic carbocycles. The molecule has 0 radical (unpaired) electrons. The summed E-state index contributed by atoms with van der Waals surface area (Å²) in [5.74, 6) is 3.20. The van der Waals surface area contributed by atoms with E-state index in [1.807, 2.05) is 6.07 Å². The summed E-state index contributed by atoms with van der Waals surface area (Å²) in [6, 6.07) is 14.7. The molecular formula is C22H23BrO. The van der Waals surface area contributed by atoms with Gasteiger partial charge < -0.3 is 5.11 Å². The zero-order chi connectivity index (χ0) is 16.3. The molecule has 4 aliphatic carbocycles. The first kappa shape index (κ1) is 15.0. The highest BCUT2D eigenvalue weighted by molar-refractivity contribution is 9.10. The molecule has 1 N–H and O–H groups in total. The van der Waals surface area contributed by atoms with Crippen molar-refractivity contribution in [2.45, 2.75) is 43.9 Å². The van der Waals surface area contributed by atoms with Crippen molar-refractivity contribution in [3.8, 4) is 16.9 Å². The van der Waals surface area contributed by atoms with Gasteiger partial charge in [0.2, 0.25) is 0 Å². The molecule has 0 saturated heterocycles. The van der Waals surface area contributed by atoms with Gasteiger partial charge >= 0.3 is 0 Å². The Balaban J connectivity index is 1.58. The molecule has 0 spiro atoms. The van der Waals surface area contributed by atoms with Gasteiger partial charge in [0, 0.05) is 10.0 Å². The zero-order valence-corrected chi connectivity index (χ0v) is 15.4. The van der Waals surface area contributed by atoms with E-state index in [9.17, 15) is 5.11 Å². The summed E-state index contributed by atoms with van der Waals surface area (Å²) >= 11 is 3.51. The van der Waals surface area contributed by atoms with Crippen molar-refractivity contribution < 1.29 is 5.11 Å². The highest BCUT2D eigenvalue weighted by atomic mass is 79.9. The van der Waals surface area contributed by atoms with Crippen LogP contribution in [-0.2, 0) is 5.41 Å². The summed E-state index contributed by atoms with van der Waals surface area (Å²) in [4.78, 5) is 0. The van der Waals surface area contributed by atoms with Crippen LogP contribution in [0.15, 0.2) is 46.9 Å². The van der Waals surface area contributed by atoms with Crippen LogP contribution in [0.1, 0.15) is 44.1 Å². The molecule has 0 unspecified atom stereocenters. The van der Waals surface area contributed by atoms with Crippen LogP contribution < -0.4 is 0 Å². The van der Waals surface area contributed by atoms with Gasteiger partial charge in [0.15, 0.2) is 0 Å². The molecule has 24 heavy (non-hydrogen) atoms. The topological polar surface area (TPSA) is 20.2 Å². The summed E-state index contributed by atoms with van der Waals surface area (Å²) in [6.07, 6.45) is 8.17. The second-order valence-electron chi connectivity index (χ2n) is 8.44. The SMILES string of the molecule is Oc1ccc(-c2ccc(Br)cc2)cc1C12CC3CC(CC(C3)C1)C2. The number of halogens is 1. The fraction of sp³-hybridized carbons (Fsp3) is 0.455. The molecule has 124 valence electrons. The molecule has 0 aromatic heterocycles. The first-order chi connectivity index (χ1) is 11.6. The molecule has 2 aromatic rings. The normalized spacial score (nSPS) is 33.8. The van der Waals surface area contributed by atoms with Gasteiger partial charge in [-0.15, -0.1) is 0 Å². The Morgan fingerprint density at radius 3 is 1.92 bits per heavy atom. The number of aromatic hydroxyl groups is 1. The maximum Gasteiger partial charge on any atom is 0.119 e. The Hall–Kier alpha value is -1.28. The van der Waals surface area contributed by atoms with Crippen molar-refractivity contribution in [3.63, 3.8) is 0 Å². The standard InChI is InChI=1S/C22H23BrO/c23-19-4-1-17(2-5-19)18-3-6-21(24)20(10-18)22-11-14-7-15(12-22)9-16(8-14)13-22/h1-6,10,14-16,24H,7-9,11-13H2. The van der Waals surface area contributed by atoms with Gasteiger partial charge in [-0.2, -0.15) is 0 Å². The van der Waals surface area contributed by atoms with Crippen LogP contribution in [0.5, 0.6) is 5.75 Å². The van der Waals surface area contributed by atoms with Gasteiger partial charge in [-0.3, -0.25) is 0 Å². The number of phenols is 1. The van der Waals surface area contributed by atoms with E-state index >= 15 is 0 Å². The van der Waals surface area contributed by atoms with Crippen molar-refractivity contribution in [2.75, 3.05) is 0 Å². The van der Waals surface area contributed by atoms with Crippen molar-refractivity contribution in [1.82, 2.24) is 0 Å². The minimum absolute atomic E-state index is 0.240. The molecule has 0 aliphatic heterocycles. The van der Waals surface area contributed by atoms with Crippen LogP contribution in [0.2, 0.25) is 0 Å². The second kappa shape index (κ2) is 5.36. The molecule has 4 fully saturated rings. The van der Waals surface area contributed by atoms with Crippen LogP contribution in [0.4, 0.5) is 0 Å². The van der Waals surface area contributed by atoms with E-state index < -0.39 is 0 Å². The van der Waals surface area contributed by atoms with E-state index in [1.54, 1.807) is 0 Å². The molecule has 0 amide bonds. The lowest BCUT2D eigenvalue weighted by molar-refractivity contribution is -0.00611. The molecule has 1 nitrogen and oxygen atoms in total. The first-order valence-corrected chi connectivity index (χ1v) is 10.00. The number of hydrogen-bond acceptors (Lipinski definition) is 1. The van der Waals surface area contributed by atoms with E-state index in [4.69, 9.17) is 0 Å². The number of phenolic OH excluding ortho intramolecular Hbond substituents is 1. The monoisotopic (exact) mass is 382 g/mol. The van der Waals surface area contributed by atoms with Gasteiger partial charge in [-0.1, -0.05) is 34.1 Å². The van der Waals surface area contributed by atoms with Crippen LogP contribution in [0, 0.1) is 17.8 Å². The Morgan fingerprint density at radius 1 is 0.792 bits per heavy atom. The summed E-state index contributed by atoms with van der Waals surface area (Å²) in [5.41, 5.74) is 3.92. The fourth-order valence-corrected chi connectivity index (χ4v) is 6.49. The van der Waals surface area contributed by atoms with Crippen molar-refractivity contribution in [2.24, 2.45) is 17.8 Å². The maximum absolute atomic E-state index is 10.7. The second-order valence-corrected chi connectivity index (χ2v) is 9.35. The van der Waals surface area contributed by atoms with Crippen LogP contribution >= 0.6 is 15.9 Å². The maximum atomic E-state index is 10.7. The highest BCUT2D eigenvalue weighted by Gasteiger charge is 2.52. The highest BCUT2D eigenvalue weighted by Crippen LogP contribution is 2.62. The fourth-order valence-electron chi connectivity index (χ4n) is 6.22. The van der Waals surface area contributed by atoms with E-state index in [0.717, 1.165) is 22.2 Å². The smallest absolute Gasteiger partial charge is 0.119 e. The van der Waals surface area contributed by atoms with Gasteiger partial charge in [0.1, 0.15) is 5.75 Å². The van der Waals surface area contributed by atoms with Crippen molar-refractivity contribution >= 4 is 15.9 Å². The first-order valence-electron chi connectivity index (χ1n) is 9.21. The van der Waals surface area contributed by atoms with Gasteiger partial charge in [-0.05, 0) is 97.1 Å². The quantitative estimate of drug-likeness (QED) is 0.646. The molecule has 0 atom stereocenters. The molecule has 6 rings (SSSR count). The van der Waals surface area contributed by atoms with Gasteiger partial charge in [0.05, 0.1) is 0 Å². The predicted octanol–water partition coefficient (Wildman–Crippen LogP) is 6.29. The molecule has 4 bridgehead atoms. The molecule has 4 saturated carbocycles. The van der Waals surface area contributed by atoms with E-state index in [2.05, 4.69) is 52.3 Å². The predicted molar refractivity (Wildman–Crippen MR) is 101 cm³/mol. The van der Waals surface area contributed by atoms with Gasteiger partial charge in [-0.25, -0.2) is 0 Å². The Kier molecular flexibility index (Phi) is 3.35. The lowest BCUT2D eigenvalue weighted by Gasteiger charge is -2.57. The van der Waals surface area contributed by atoms with E-state index in [0.29, 0.717) is 5.75 Å². The van der Waals surface area contributed by atoms with Crippen LogP contribution in [0.25, 0.3) is 11.1 Å². The lowest BCUT2D eigenvalue weighted by Crippen LogP contribution is -2.48. The van der Waals surface area contributed by atoms with Crippen LogP contribution in [0.3, 0.4) is 0 Å². The Labute approximate surface area is 152 Å². The average molecular weight is 383 g/mol. The van der Waals surface area contributed by atoms with E-state index in [1.165, 1.54) is 55.2 Å². The van der Waals surface area contributed by atoms with Crippen LogP contribution in [-0.4, -0.2) is 5.11 Å². The van der Waals surface area contributed by atoms with Crippen molar-refractivity contribution in [1.29, 1.82) is 0 Å². The van der Waals surface area contributed by atoms with Crippen molar-refractivity contribution in [3.05, 3.63) is 52.5 Å². The zero-order valence-electron chi connectivity index (χ0n) is 13.8. The van der Waals surface area contributed by atoms with Gasteiger partial charge in [0.25, 0.3) is 0 Å². The minimum atomic E-state index is 0.240. The Morgan fingerprint density at radius 2 is 1.33 bits per heavy atom. The molecule has 4 aliphatic rings. The lowest BCUT2D eigenvalue weighted by atomic mass is 9.48.